The fourth-order valence-electron chi connectivity index (χ4n) is 4.28. The minimum Gasteiger partial charge on any atom is -0.488 e. The molecule has 0 radical (unpaired) electrons. The number of hydrogen-bond acceptors (Lipinski definition) is 10. The zero-order valence-electron chi connectivity index (χ0n) is 21.4. The SMILES string of the molecule is CCOCC.CN(c1cnc(NC2CCC(Oc3cc(N)cc4nccnc34)CC2)nc1)C1COC1. The number of aromatic nitrogens is 4. The molecule has 1 saturated carbocycles. The summed E-state index contributed by atoms with van der Waals surface area (Å²) in [5, 5.41) is 3.46. The molecule has 3 N–H and O–H groups in total. The van der Waals surface area contributed by atoms with Gasteiger partial charge in [-0.3, -0.25) is 4.98 Å². The number of nitrogens with one attached hydrogen (secondary N) is 1. The molecule has 2 aliphatic rings. The van der Waals surface area contributed by atoms with E-state index in [4.69, 9.17) is 19.9 Å². The molecule has 2 fully saturated rings. The Morgan fingerprint density at radius 3 is 2.31 bits per heavy atom. The summed E-state index contributed by atoms with van der Waals surface area (Å²) in [6.07, 6.45) is 11.1. The number of fused-ring (bicyclic) bond motifs is 1. The van der Waals surface area contributed by atoms with E-state index in [1.807, 2.05) is 38.4 Å². The van der Waals surface area contributed by atoms with Crippen LogP contribution in [0.1, 0.15) is 39.5 Å². The number of benzene rings is 1. The van der Waals surface area contributed by atoms with Gasteiger partial charge in [-0.25, -0.2) is 15.0 Å². The number of likely N-dealkylation sites (N-methyl/N-ethyl adjacent to an activating group) is 1. The zero-order chi connectivity index (χ0) is 25.3. The van der Waals surface area contributed by atoms with E-state index in [0.717, 1.165) is 68.8 Å². The molecular weight excluding hydrogens is 458 g/mol. The van der Waals surface area contributed by atoms with E-state index in [0.29, 0.717) is 29.5 Å². The summed E-state index contributed by atoms with van der Waals surface area (Å²) in [6, 6.07) is 4.41. The maximum Gasteiger partial charge on any atom is 0.222 e. The molecule has 3 aromatic rings. The van der Waals surface area contributed by atoms with Crippen LogP contribution in [0.25, 0.3) is 11.0 Å². The quantitative estimate of drug-likeness (QED) is 0.448. The monoisotopic (exact) mass is 495 g/mol. The minimum atomic E-state index is 0.131. The molecule has 5 rings (SSSR count). The van der Waals surface area contributed by atoms with Crippen LogP contribution in [0.4, 0.5) is 17.3 Å². The first kappa shape index (κ1) is 25.8. The van der Waals surface area contributed by atoms with Gasteiger partial charge in [0.25, 0.3) is 0 Å². The predicted molar refractivity (Wildman–Crippen MR) is 141 cm³/mol. The Labute approximate surface area is 212 Å². The van der Waals surface area contributed by atoms with Crippen LogP contribution in [-0.2, 0) is 9.47 Å². The first-order chi connectivity index (χ1) is 17.6. The molecular formula is C26H37N7O3. The van der Waals surface area contributed by atoms with Crippen LogP contribution < -0.4 is 20.7 Å². The average Bonchev–Trinajstić information content (AvgIpc) is 2.85. The molecule has 3 heterocycles. The highest BCUT2D eigenvalue weighted by atomic mass is 16.5. The molecule has 0 bridgehead atoms. The number of nitrogens with two attached hydrogens (primary N) is 1. The highest BCUT2D eigenvalue weighted by Gasteiger charge is 2.25. The second-order valence-corrected chi connectivity index (χ2v) is 9.03. The molecule has 194 valence electrons. The Morgan fingerprint density at radius 1 is 1.00 bits per heavy atom. The highest BCUT2D eigenvalue weighted by molar-refractivity contribution is 5.84. The van der Waals surface area contributed by atoms with Crippen LogP contribution in [0.15, 0.2) is 36.9 Å². The van der Waals surface area contributed by atoms with Gasteiger partial charge in [0.05, 0.1) is 49.0 Å². The first-order valence-electron chi connectivity index (χ1n) is 12.7. The third-order valence-corrected chi connectivity index (χ3v) is 6.48. The first-order valence-corrected chi connectivity index (χ1v) is 12.7. The van der Waals surface area contributed by atoms with Gasteiger partial charge >= 0.3 is 0 Å². The normalized spacial score (nSPS) is 19.6. The van der Waals surface area contributed by atoms with Crippen LogP contribution >= 0.6 is 0 Å². The largest absolute Gasteiger partial charge is 0.488 e. The van der Waals surface area contributed by atoms with Crippen molar-refractivity contribution < 1.29 is 14.2 Å². The summed E-state index contributed by atoms with van der Waals surface area (Å²) in [5.41, 5.74) is 9.16. The van der Waals surface area contributed by atoms with E-state index < -0.39 is 0 Å². The molecule has 36 heavy (non-hydrogen) atoms. The van der Waals surface area contributed by atoms with Crippen molar-refractivity contribution >= 4 is 28.4 Å². The Kier molecular flexibility index (Phi) is 9.07. The van der Waals surface area contributed by atoms with E-state index >= 15 is 0 Å². The predicted octanol–water partition coefficient (Wildman–Crippen LogP) is 3.68. The molecule has 0 spiro atoms. The standard InChI is InChI=1S/C22H27N7O2.C4H10O/c1-29(17-12-30-13-17)16-10-26-22(27-11-16)28-15-2-4-18(5-3-15)31-20-9-14(23)8-19-21(20)25-7-6-24-19;1-3-5-4-2/h6-11,15,17-18H,2-5,12-13,23H2,1H3,(H,26,27,28);3-4H2,1-2H3. The fraction of sp³-hybridized carbons (Fsp3) is 0.538. The lowest BCUT2D eigenvalue weighted by Crippen LogP contribution is -2.47. The van der Waals surface area contributed by atoms with Gasteiger partial charge < -0.3 is 30.2 Å². The molecule has 0 atom stereocenters. The van der Waals surface area contributed by atoms with Crippen molar-refractivity contribution in [2.75, 3.05) is 49.4 Å². The zero-order valence-corrected chi connectivity index (χ0v) is 21.4. The number of nitrogens with zero attached hydrogens (tertiary/aromatic N) is 5. The lowest BCUT2D eigenvalue weighted by molar-refractivity contribution is 0.0101. The van der Waals surface area contributed by atoms with Crippen molar-refractivity contribution in [2.45, 2.75) is 57.7 Å². The van der Waals surface area contributed by atoms with Gasteiger partial charge in [0, 0.05) is 50.5 Å². The maximum atomic E-state index is 6.27. The number of ether oxygens (including phenoxy) is 3. The summed E-state index contributed by atoms with van der Waals surface area (Å²) in [4.78, 5) is 19.9. The summed E-state index contributed by atoms with van der Waals surface area (Å²) in [6.45, 7) is 7.19. The van der Waals surface area contributed by atoms with Gasteiger partial charge in [-0.1, -0.05) is 0 Å². The van der Waals surface area contributed by atoms with Crippen LogP contribution in [0.3, 0.4) is 0 Å². The third kappa shape index (κ3) is 6.70. The number of nitrogen functional groups attached to an aromatic ring is 1. The van der Waals surface area contributed by atoms with Crippen molar-refractivity contribution in [1.29, 1.82) is 0 Å². The summed E-state index contributed by atoms with van der Waals surface area (Å²) in [5.74, 6) is 1.38. The Morgan fingerprint density at radius 2 is 1.69 bits per heavy atom. The van der Waals surface area contributed by atoms with Crippen molar-refractivity contribution in [3.63, 3.8) is 0 Å². The van der Waals surface area contributed by atoms with E-state index in [-0.39, 0.29) is 6.10 Å². The summed E-state index contributed by atoms with van der Waals surface area (Å²) in [7, 11) is 2.05. The van der Waals surface area contributed by atoms with Crippen LogP contribution in [-0.4, -0.2) is 71.6 Å². The van der Waals surface area contributed by atoms with Crippen molar-refractivity contribution in [3.05, 3.63) is 36.9 Å². The Hall–Kier alpha value is -3.24. The minimum absolute atomic E-state index is 0.131. The van der Waals surface area contributed by atoms with E-state index in [2.05, 4.69) is 37.2 Å². The molecule has 2 aromatic heterocycles. The van der Waals surface area contributed by atoms with E-state index in [9.17, 15) is 0 Å². The van der Waals surface area contributed by atoms with Gasteiger partial charge in [-0.2, -0.15) is 0 Å². The smallest absolute Gasteiger partial charge is 0.222 e. The fourth-order valence-corrected chi connectivity index (χ4v) is 4.28. The summed E-state index contributed by atoms with van der Waals surface area (Å²) < 4.78 is 16.4. The maximum absolute atomic E-state index is 6.27. The average molecular weight is 496 g/mol. The van der Waals surface area contributed by atoms with Crippen molar-refractivity contribution in [3.8, 4) is 5.75 Å². The molecule has 1 aliphatic carbocycles. The van der Waals surface area contributed by atoms with E-state index in [1.165, 1.54) is 0 Å². The highest BCUT2D eigenvalue weighted by Crippen LogP contribution is 2.30. The third-order valence-electron chi connectivity index (χ3n) is 6.48. The van der Waals surface area contributed by atoms with Crippen LogP contribution in [0.5, 0.6) is 5.75 Å². The number of anilines is 3. The summed E-state index contributed by atoms with van der Waals surface area (Å²) >= 11 is 0. The number of rotatable bonds is 8. The second-order valence-electron chi connectivity index (χ2n) is 9.03. The molecule has 1 aliphatic heterocycles. The van der Waals surface area contributed by atoms with Gasteiger partial charge in [-0.15, -0.1) is 0 Å². The van der Waals surface area contributed by atoms with Gasteiger partial charge in [0.2, 0.25) is 5.95 Å². The van der Waals surface area contributed by atoms with Crippen LogP contribution in [0, 0.1) is 0 Å². The van der Waals surface area contributed by atoms with Gasteiger partial charge in [0.1, 0.15) is 11.3 Å². The Bertz CT molecular complexity index is 1080. The number of hydrogen-bond donors (Lipinski definition) is 2. The van der Waals surface area contributed by atoms with Crippen molar-refractivity contribution in [2.24, 2.45) is 0 Å². The molecule has 1 aromatic carbocycles. The lowest BCUT2D eigenvalue weighted by atomic mass is 9.93. The molecule has 10 heteroatoms. The van der Waals surface area contributed by atoms with Crippen LogP contribution in [0.2, 0.25) is 0 Å². The van der Waals surface area contributed by atoms with E-state index in [1.54, 1.807) is 12.4 Å². The topological polar surface area (TPSA) is 121 Å². The molecule has 0 unspecified atom stereocenters. The van der Waals surface area contributed by atoms with Crippen molar-refractivity contribution in [1.82, 2.24) is 19.9 Å². The molecule has 0 amide bonds. The van der Waals surface area contributed by atoms with Gasteiger partial charge in [0.15, 0.2) is 0 Å². The van der Waals surface area contributed by atoms with Gasteiger partial charge in [-0.05, 0) is 45.6 Å². The lowest BCUT2D eigenvalue weighted by Gasteiger charge is -2.35. The Balaban J connectivity index is 0.000000556. The molecule has 1 saturated heterocycles. The molecule has 10 nitrogen and oxygen atoms in total. The second kappa shape index (κ2) is 12.6.